The zero-order valence-corrected chi connectivity index (χ0v) is 26.5. The molecule has 0 saturated heterocycles. The molecule has 220 valence electrons. The summed E-state index contributed by atoms with van der Waals surface area (Å²) in [6.07, 6.45) is 1.68. The molecule has 0 heterocycles. The zero-order valence-electron chi connectivity index (χ0n) is 23.5. The molecule has 0 aliphatic heterocycles. The van der Waals surface area contributed by atoms with Crippen LogP contribution in [-0.2, 0) is 26.2 Å². The van der Waals surface area contributed by atoms with E-state index in [1.165, 1.54) is 23.1 Å². The van der Waals surface area contributed by atoms with E-state index in [9.17, 15) is 18.0 Å². The van der Waals surface area contributed by atoms with Gasteiger partial charge in [0.1, 0.15) is 12.6 Å². The van der Waals surface area contributed by atoms with E-state index in [0.717, 1.165) is 28.3 Å². The molecule has 1 atom stereocenters. The van der Waals surface area contributed by atoms with E-state index in [2.05, 4.69) is 5.32 Å². The van der Waals surface area contributed by atoms with Gasteiger partial charge < -0.3 is 10.2 Å². The van der Waals surface area contributed by atoms with Crippen molar-refractivity contribution in [1.29, 1.82) is 0 Å². The van der Waals surface area contributed by atoms with Gasteiger partial charge in [0.2, 0.25) is 11.8 Å². The van der Waals surface area contributed by atoms with Crippen molar-refractivity contribution in [2.75, 3.05) is 17.4 Å². The number of carbonyl (C=O) groups excluding carboxylic acids is 2. The number of nitrogens with one attached hydrogen (secondary N) is 1. The predicted molar refractivity (Wildman–Crippen MR) is 166 cm³/mol. The number of hydrogen-bond donors (Lipinski definition) is 1. The molecule has 3 rings (SSSR count). The second kappa shape index (κ2) is 14.4. The molecule has 0 saturated carbocycles. The molecule has 11 heteroatoms. The van der Waals surface area contributed by atoms with Crippen LogP contribution in [0.5, 0.6) is 0 Å². The van der Waals surface area contributed by atoms with Crippen LogP contribution in [0.15, 0.2) is 65.6 Å². The van der Waals surface area contributed by atoms with Crippen molar-refractivity contribution < 1.29 is 18.0 Å². The molecule has 0 aliphatic carbocycles. The van der Waals surface area contributed by atoms with Crippen LogP contribution in [0.3, 0.4) is 0 Å². The fourth-order valence-electron chi connectivity index (χ4n) is 4.06. The van der Waals surface area contributed by atoms with Crippen LogP contribution in [-0.4, -0.2) is 44.3 Å². The van der Waals surface area contributed by atoms with Gasteiger partial charge in [0, 0.05) is 18.1 Å². The lowest BCUT2D eigenvalue weighted by Gasteiger charge is -2.32. The van der Waals surface area contributed by atoms with Crippen LogP contribution in [0, 0.1) is 13.8 Å². The van der Waals surface area contributed by atoms with Gasteiger partial charge in [-0.15, -0.1) is 0 Å². The van der Waals surface area contributed by atoms with Gasteiger partial charge in [0.05, 0.1) is 20.6 Å². The Hall–Kier alpha value is -2.78. The average Bonchev–Trinajstić information content (AvgIpc) is 2.93. The minimum absolute atomic E-state index is 0.00512. The maximum Gasteiger partial charge on any atom is 0.264 e. The van der Waals surface area contributed by atoms with Gasteiger partial charge in [0.15, 0.2) is 0 Å². The van der Waals surface area contributed by atoms with Crippen molar-refractivity contribution in [3.8, 4) is 0 Å². The maximum absolute atomic E-state index is 14.0. The molecule has 0 spiro atoms. The Bertz CT molecular complexity index is 1500. The lowest BCUT2D eigenvalue weighted by Crippen LogP contribution is -2.51. The van der Waals surface area contributed by atoms with E-state index in [-0.39, 0.29) is 23.0 Å². The monoisotopic (exact) mass is 637 g/mol. The number of sulfonamides is 1. The normalized spacial score (nSPS) is 12.1. The molecular weight excluding hydrogens is 605 g/mol. The molecule has 41 heavy (non-hydrogen) atoms. The van der Waals surface area contributed by atoms with E-state index in [1.54, 1.807) is 56.3 Å². The first kappa shape index (κ1) is 32.7. The summed E-state index contributed by atoms with van der Waals surface area (Å²) in [5.74, 6) is -0.931. The first-order chi connectivity index (χ1) is 19.3. The molecular formula is C30H34Cl3N3O4S. The van der Waals surface area contributed by atoms with Gasteiger partial charge in [-0.05, 0) is 74.7 Å². The smallest absolute Gasteiger partial charge is 0.264 e. The van der Waals surface area contributed by atoms with E-state index in [1.807, 2.05) is 13.8 Å². The number of aryl methyl sites for hydroxylation is 2. The Morgan fingerprint density at radius 3 is 2.20 bits per heavy atom. The molecule has 0 aromatic heterocycles. The number of rotatable bonds is 12. The largest absolute Gasteiger partial charge is 0.354 e. The van der Waals surface area contributed by atoms with E-state index >= 15 is 0 Å². The van der Waals surface area contributed by atoms with E-state index in [0.29, 0.717) is 27.2 Å². The van der Waals surface area contributed by atoms with Crippen molar-refractivity contribution in [2.45, 2.75) is 58.0 Å². The molecule has 1 unspecified atom stereocenters. The van der Waals surface area contributed by atoms with Gasteiger partial charge in [-0.25, -0.2) is 8.42 Å². The number of carbonyl (C=O) groups is 2. The molecule has 0 radical (unpaired) electrons. The Labute approximate surface area is 257 Å². The number of halogens is 3. The fraction of sp³-hybridized carbons (Fsp3) is 0.333. The molecule has 1 N–H and O–H groups in total. The molecule has 3 aromatic carbocycles. The zero-order chi connectivity index (χ0) is 30.3. The summed E-state index contributed by atoms with van der Waals surface area (Å²) >= 11 is 18.7. The Morgan fingerprint density at radius 2 is 1.59 bits per heavy atom. The quantitative estimate of drug-likeness (QED) is 0.221. The summed E-state index contributed by atoms with van der Waals surface area (Å²) in [6.45, 7) is 7.17. The van der Waals surface area contributed by atoms with Crippen LogP contribution in [0.25, 0.3) is 0 Å². The standard InChI is InChI=1S/C30H34Cl3N3O4S/c1-5-6-15-34-30(38)22(4)35(18-23-10-14-26(31)28(33)16-23)29(37)19-36(24-11-9-21(3)27(32)17-24)41(39,40)25-12-7-20(2)8-13-25/h7-14,16-17,22H,5-6,15,18-19H2,1-4H3,(H,34,38). The number of unbranched alkanes of at least 4 members (excludes halogenated alkanes) is 1. The van der Waals surface area contributed by atoms with Crippen LogP contribution in [0.1, 0.15) is 43.4 Å². The third-order valence-electron chi connectivity index (χ3n) is 6.67. The van der Waals surface area contributed by atoms with Crippen molar-refractivity contribution in [3.05, 3.63) is 92.4 Å². The van der Waals surface area contributed by atoms with Crippen molar-refractivity contribution >= 4 is 62.3 Å². The highest BCUT2D eigenvalue weighted by molar-refractivity contribution is 7.92. The SMILES string of the molecule is CCCCNC(=O)C(C)N(Cc1ccc(Cl)c(Cl)c1)C(=O)CN(c1ccc(C)c(Cl)c1)S(=O)(=O)c1ccc(C)cc1. The summed E-state index contributed by atoms with van der Waals surface area (Å²) < 4.78 is 28.9. The van der Waals surface area contributed by atoms with Crippen LogP contribution in [0.4, 0.5) is 5.69 Å². The highest BCUT2D eigenvalue weighted by Gasteiger charge is 2.32. The molecule has 0 bridgehead atoms. The lowest BCUT2D eigenvalue weighted by molar-refractivity contribution is -0.139. The minimum atomic E-state index is -4.19. The fourth-order valence-corrected chi connectivity index (χ4v) is 5.96. The average molecular weight is 639 g/mol. The van der Waals surface area contributed by atoms with Gasteiger partial charge in [-0.2, -0.15) is 0 Å². The van der Waals surface area contributed by atoms with Crippen LogP contribution in [0.2, 0.25) is 15.1 Å². The summed E-state index contributed by atoms with van der Waals surface area (Å²) in [7, 11) is -4.19. The first-order valence-corrected chi connectivity index (χ1v) is 15.8. The lowest BCUT2D eigenvalue weighted by atomic mass is 10.1. The summed E-state index contributed by atoms with van der Waals surface area (Å²) in [5, 5.41) is 3.87. The molecule has 2 amide bonds. The van der Waals surface area contributed by atoms with E-state index < -0.39 is 28.5 Å². The second-order valence-corrected chi connectivity index (χ2v) is 12.9. The number of amides is 2. The van der Waals surface area contributed by atoms with Crippen molar-refractivity contribution in [1.82, 2.24) is 10.2 Å². The van der Waals surface area contributed by atoms with Crippen LogP contribution < -0.4 is 9.62 Å². The number of nitrogens with zero attached hydrogens (tertiary/aromatic N) is 2. The predicted octanol–water partition coefficient (Wildman–Crippen LogP) is 6.79. The highest BCUT2D eigenvalue weighted by Crippen LogP contribution is 2.29. The summed E-state index contributed by atoms with van der Waals surface area (Å²) in [6, 6.07) is 15.2. The highest BCUT2D eigenvalue weighted by atomic mass is 35.5. The molecule has 7 nitrogen and oxygen atoms in total. The number of anilines is 1. The number of benzene rings is 3. The molecule has 0 fully saturated rings. The third kappa shape index (κ3) is 8.38. The third-order valence-corrected chi connectivity index (χ3v) is 9.60. The number of hydrogen-bond acceptors (Lipinski definition) is 4. The van der Waals surface area contributed by atoms with Crippen molar-refractivity contribution in [2.24, 2.45) is 0 Å². The maximum atomic E-state index is 14.0. The summed E-state index contributed by atoms with van der Waals surface area (Å²) in [4.78, 5) is 28.4. The second-order valence-electron chi connectivity index (χ2n) is 9.85. The van der Waals surface area contributed by atoms with Crippen molar-refractivity contribution in [3.63, 3.8) is 0 Å². The van der Waals surface area contributed by atoms with Gasteiger partial charge in [-0.3, -0.25) is 13.9 Å². The Balaban J connectivity index is 2.04. The minimum Gasteiger partial charge on any atom is -0.354 e. The van der Waals surface area contributed by atoms with E-state index in [4.69, 9.17) is 34.8 Å². The van der Waals surface area contributed by atoms with Gasteiger partial charge >= 0.3 is 0 Å². The van der Waals surface area contributed by atoms with Crippen LogP contribution >= 0.6 is 34.8 Å². The summed E-state index contributed by atoms with van der Waals surface area (Å²) in [5.41, 5.74) is 2.50. The Kier molecular flexibility index (Phi) is 11.5. The first-order valence-electron chi connectivity index (χ1n) is 13.2. The molecule has 3 aromatic rings. The van der Waals surface area contributed by atoms with Gasteiger partial charge in [-0.1, -0.05) is 78.0 Å². The Morgan fingerprint density at radius 1 is 0.902 bits per heavy atom. The van der Waals surface area contributed by atoms with Gasteiger partial charge in [0.25, 0.3) is 10.0 Å². The topological polar surface area (TPSA) is 86.8 Å². The molecule has 0 aliphatic rings.